The standard InChI is InChI=1S/C18H30O2/c1-2-3-4-5-6-7-8-9-10-11-12-13-14-15-16-17-18(19)20/h12-17H,2-11H2,1H3,(H,19,20)/b13-12?,15-14?,17-16-. The van der Waals surface area contributed by atoms with Crippen molar-refractivity contribution in [3.63, 3.8) is 0 Å². The first-order valence-electron chi connectivity index (χ1n) is 8.00. The van der Waals surface area contributed by atoms with E-state index in [-0.39, 0.29) is 0 Å². The molecular weight excluding hydrogens is 248 g/mol. The molecule has 0 fully saturated rings. The lowest BCUT2D eigenvalue weighted by atomic mass is 10.1. The molecule has 0 aromatic heterocycles. The van der Waals surface area contributed by atoms with Gasteiger partial charge >= 0.3 is 5.97 Å². The summed E-state index contributed by atoms with van der Waals surface area (Å²) in [7, 11) is 0. The van der Waals surface area contributed by atoms with E-state index in [1.807, 2.05) is 12.2 Å². The summed E-state index contributed by atoms with van der Waals surface area (Å²) >= 11 is 0. The quantitative estimate of drug-likeness (QED) is 0.268. The third-order valence-corrected chi connectivity index (χ3v) is 3.18. The van der Waals surface area contributed by atoms with Crippen LogP contribution in [0.15, 0.2) is 36.5 Å². The van der Waals surface area contributed by atoms with Crippen molar-refractivity contribution in [2.45, 2.75) is 71.1 Å². The van der Waals surface area contributed by atoms with Crippen molar-refractivity contribution in [2.75, 3.05) is 0 Å². The lowest BCUT2D eigenvalue weighted by Crippen LogP contribution is -1.84. The SMILES string of the molecule is CCCCCCCCCCCC=CC=C/C=C\C(=O)O. The lowest BCUT2D eigenvalue weighted by molar-refractivity contribution is -0.131. The molecule has 0 aliphatic carbocycles. The summed E-state index contributed by atoms with van der Waals surface area (Å²) in [4.78, 5) is 10.2. The van der Waals surface area contributed by atoms with Gasteiger partial charge in [0.2, 0.25) is 0 Å². The molecule has 20 heavy (non-hydrogen) atoms. The van der Waals surface area contributed by atoms with Gasteiger partial charge in [-0.05, 0) is 12.8 Å². The third-order valence-electron chi connectivity index (χ3n) is 3.18. The summed E-state index contributed by atoms with van der Waals surface area (Å²) in [5.74, 6) is -0.909. The Labute approximate surface area is 124 Å². The van der Waals surface area contributed by atoms with Crippen LogP contribution in [0, 0.1) is 0 Å². The summed E-state index contributed by atoms with van der Waals surface area (Å²) in [5, 5.41) is 8.38. The Kier molecular flexibility index (Phi) is 14.7. The third kappa shape index (κ3) is 16.7. The number of rotatable bonds is 13. The topological polar surface area (TPSA) is 37.3 Å². The second-order valence-electron chi connectivity index (χ2n) is 5.13. The van der Waals surface area contributed by atoms with Crippen molar-refractivity contribution < 1.29 is 9.90 Å². The fourth-order valence-corrected chi connectivity index (χ4v) is 2.01. The Balaban J connectivity index is 3.25. The predicted molar refractivity (Wildman–Crippen MR) is 86.9 cm³/mol. The van der Waals surface area contributed by atoms with Gasteiger partial charge in [0.05, 0.1) is 0 Å². The highest BCUT2D eigenvalue weighted by molar-refractivity contribution is 5.80. The number of aliphatic carboxylic acids is 1. The maximum absolute atomic E-state index is 10.2. The second kappa shape index (κ2) is 15.7. The zero-order chi connectivity index (χ0) is 14.9. The molecule has 0 aliphatic heterocycles. The van der Waals surface area contributed by atoms with Crippen molar-refractivity contribution in [1.82, 2.24) is 0 Å². The molecule has 0 atom stereocenters. The summed E-state index contributed by atoms with van der Waals surface area (Å²) in [6.45, 7) is 2.26. The van der Waals surface area contributed by atoms with Crippen LogP contribution in [-0.2, 0) is 4.79 Å². The van der Waals surface area contributed by atoms with Gasteiger partial charge in [-0.25, -0.2) is 4.79 Å². The van der Waals surface area contributed by atoms with Crippen molar-refractivity contribution in [3.8, 4) is 0 Å². The number of hydrogen-bond acceptors (Lipinski definition) is 1. The van der Waals surface area contributed by atoms with Crippen LogP contribution in [0.2, 0.25) is 0 Å². The van der Waals surface area contributed by atoms with E-state index in [9.17, 15) is 4.79 Å². The van der Waals surface area contributed by atoms with Gasteiger partial charge in [-0.2, -0.15) is 0 Å². The zero-order valence-corrected chi connectivity index (χ0v) is 12.9. The molecule has 0 unspecified atom stereocenters. The van der Waals surface area contributed by atoms with Gasteiger partial charge in [0, 0.05) is 6.08 Å². The highest BCUT2D eigenvalue weighted by atomic mass is 16.4. The summed E-state index contributed by atoms with van der Waals surface area (Å²) in [6.07, 6.45) is 23.7. The monoisotopic (exact) mass is 278 g/mol. The molecule has 2 nitrogen and oxygen atoms in total. The van der Waals surface area contributed by atoms with Gasteiger partial charge in [-0.3, -0.25) is 0 Å². The maximum Gasteiger partial charge on any atom is 0.328 e. The average molecular weight is 278 g/mol. The molecule has 114 valence electrons. The van der Waals surface area contributed by atoms with Crippen molar-refractivity contribution in [3.05, 3.63) is 36.5 Å². The van der Waals surface area contributed by atoms with Gasteiger partial charge in [0.1, 0.15) is 0 Å². The molecule has 0 heterocycles. The van der Waals surface area contributed by atoms with Crippen molar-refractivity contribution in [1.29, 1.82) is 0 Å². The van der Waals surface area contributed by atoms with Crippen molar-refractivity contribution in [2.24, 2.45) is 0 Å². The molecule has 0 aliphatic rings. The molecule has 0 rings (SSSR count). The highest BCUT2D eigenvalue weighted by Gasteiger charge is 1.90. The first-order valence-corrected chi connectivity index (χ1v) is 8.00. The number of allylic oxidation sites excluding steroid dienone is 5. The highest BCUT2D eigenvalue weighted by Crippen LogP contribution is 2.10. The molecule has 2 heteroatoms. The molecule has 1 N–H and O–H groups in total. The minimum absolute atomic E-state index is 0.909. The Morgan fingerprint density at radius 3 is 1.95 bits per heavy atom. The van der Waals surface area contributed by atoms with Crippen LogP contribution in [0.3, 0.4) is 0 Å². The van der Waals surface area contributed by atoms with Crippen LogP contribution in [0.25, 0.3) is 0 Å². The summed E-state index contributed by atoms with van der Waals surface area (Å²) in [5.41, 5.74) is 0. The number of carboxylic acids is 1. The van der Waals surface area contributed by atoms with E-state index >= 15 is 0 Å². The number of hydrogen-bond donors (Lipinski definition) is 1. The molecule has 0 saturated heterocycles. The van der Waals surface area contributed by atoms with Gasteiger partial charge in [0.15, 0.2) is 0 Å². The number of carboxylic acid groups (broad SMARTS) is 1. The average Bonchev–Trinajstić information content (AvgIpc) is 2.43. The van der Waals surface area contributed by atoms with Gasteiger partial charge < -0.3 is 5.11 Å². The van der Waals surface area contributed by atoms with Gasteiger partial charge in [0.25, 0.3) is 0 Å². The minimum Gasteiger partial charge on any atom is -0.478 e. The number of carbonyl (C=O) groups is 1. The van der Waals surface area contributed by atoms with E-state index in [1.165, 1.54) is 63.9 Å². The normalized spacial score (nSPS) is 12.1. The van der Waals surface area contributed by atoms with E-state index in [0.29, 0.717) is 0 Å². The zero-order valence-electron chi connectivity index (χ0n) is 12.9. The van der Waals surface area contributed by atoms with Crippen LogP contribution < -0.4 is 0 Å². The molecule has 0 aromatic rings. The first-order chi connectivity index (χ1) is 9.77. The minimum atomic E-state index is -0.909. The Hall–Kier alpha value is -1.31. The van der Waals surface area contributed by atoms with Gasteiger partial charge in [-0.15, -0.1) is 0 Å². The smallest absolute Gasteiger partial charge is 0.328 e. The molecule has 0 amide bonds. The Bertz CT molecular complexity index is 301. The maximum atomic E-state index is 10.2. The molecule has 0 bridgehead atoms. The van der Waals surface area contributed by atoms with E-state index in [0.717, 1.165) is 12.5 Å². The fourth-order valence-electron chi connectivity index (χ4n) is 2.01. The molecule has 0 radical (unpaired) electrons. The second-order valence-corrected chi connectivity index (χ2v) is 5.13. The van der Waals surface area contributed by atoms with E-state index in [4.69, 9.17) is 5.11 Å². The van der Waals surface area contributed by atoms with Crippen molar-refractivity contribution >= 4 is 5.97 Å². The van der Waals surface area contributed by atoms with Crippen LogP contribution in [0.5, 0.6) is 0 Å². The molecule has 0 aromatic carbocycles. The summed E-state index contributed by atoms with van der Waals surface area (Å²) in [6, 6.07) is 0. The predicted octanol–water partition coefficient (Wildman–Crippen LogP) is 5.66. The largest absolute Gasteiger partial charge is 0.478 e. The fraction of sp³-hybridized carbons (Fsp3) is 0.611. The molecule has 0 spiro atoms. The molecule has 0 saturated carbocycles. The summed E-state index contributed by atoms with van der Waals surface area (Å²) < 4.78 is 0. The molecular formula is C18H30O2. The number of unbranched alkanes of at least 4 members (excludes halogenated alkanes) is 9. The van der Waals surface area contributed by atoms with Crippen LogP contribution >= 0.6 is 0 Å². The van der Waals surface area contributed by atoms with Crippen LogP contribution in [-0.4, -0.2) is 11.1 Å². The van der Waals surface area contributed by atoms with E-state index < -0.39 is 5.97 Å². The van der Waals surface area contributed by atoms with Crippen LogP contribution in [0.1, 0.15) is 71.1 Å². The van der Waals surface area contributed by atoms with Gasteiger partial charge in [-0.1, -0.05) is 88.7 Å². The van der Waals surface area contributed by atoms with E-state index in [2.05, 4.69) is 13.0 Å². The first kappa shape index (κ1) is 18.7. The Morgan fingerprint density at radius 2 is 1.35 bits per heavy atom. The lowest BCUT2D eigenvalue weighted by Gasteiger charge is -2.00. The van der Waals surface area contributed by atoms with E-state index in [1.54, 1.807) is 6.08 Å². The Morgan fingerprint density at radius 1 is 0.800 bits per heavy atom. The van der Waals surface area contributed by atoms with Crippen LogP contribution in [0.4, 0.5) is 0 Å².